The van der Waals surface area contributed by atoms with Crippen LogP contribution >= 0.6 is 0 Å². The zero-order valence-electron chi connectivity index (χ0n) is 9.71. The molecule has 0 fully saturated rings. The van der Waals surface area contributed by atoms with Crippen LogP contribution in [-0.2, 0) is 9.53 Å². The van der Waals surface area contributed by atoms with E-state index >= 15 is 0 Å². The SMILES string of the molecule is CCCC(=O)CN(CC)CCOCC. The van der Waals surface area contributed by atoms with Crippen molar-refractivity contribution in [2.24, 2.45) is 0 Å². The highest BCUT2D eigenvalue weighted by molar-refractivity contribution is 5.80. The van der Waals surface area contributed by atoms with Gasteiger partial charge in [-0.25, -0.2) is 0 Å². The number of Topliss-reactive ketones (excluding diaryl/α,β-unsaturated/α-hetero) is 1. The third-order valence-corrected chi connectivity index (χ3v) is 2.13. The van der Waals surface area contributed by atoms with Gasteiger partial charge in [0, 0.05) is 19.6 Å². The van der Waals surface area contributed by atoms with Crippen LogP contribution in [-0.4, -0.2) is 43.5 Å². The summed E-state index contributed by atoms with van der Waals surface area (Å²) in [5, 5.41) is 0. The summed E-state index contributed by atoms with van der Waals surface area (Å²) in [4.78, 5) is 13.5. The Morgan fingerprint density at radius 1 is 1.29 bits per heavy atom. The Bertz CT molecular complexity index is 148. The summed E-state index contributed by atoms with van der Waals surface area (Å²) in [5.41, 5.74) is 0. The molecule has 0 atom stereocenters. The fraction of sp³-hybridized carbons (Fsp3) is 0.909. The second kappa shape index (κ2) is 9.16. The molecule has 0 N–H and O–H groups in total. The summed E-state index contributed by atoms with van der Waals surface area (Å²) in [6.45, 7) is 9.93. The minimum Gasteiger partial charge on any atom is -0.380 e. The van der Waals surface area contributed by atoms with Crippen LogP contribution in [0.2, 0.25) is 0 Å². The van der Waals surface area contributed by atoms with Crippen molar-refractivity contribution in [1.29, 1.82) is 0 Å². The fourth-order valence-corrected chi connectivity index (χ4v) is 1.29. The molecule has 0 bridgehead atoms. The Morgan fingerprint density at radius 2 is 2.00 bits per heavy atom. The van der Waals surface area contributed by atoms with Crippen molar-refractivity contribution in [1.82, 2.24) is 4.90 Å². The number of nitrogens with zero attached hydrogens (tertiary/aromatic N) is 1. The van der Waals surface area contributed by atoms with Gasteiger partial charge in [-0.2, -0.15) is 0 Å². The van der Waals surface area contributed by atoms with E-state index in [1.54, 1.807) is 0 Å². The lowest BCUT2D eigenvalue weighted by atomic mass is 10.2. The Kier molecular flexibility index (Phi) is 8.89. The molecule has 84 valence electrons. The number of likely N-dealkylation sites (N-methyl/N-ethyl adjacent to an activating group) is 1. The summed E-state index contributed by atoms with van der Waals surface area (Å²) in [6, 6.07) is 0. The number of ether oxygens (including phenoxy) is 1. The highest BCUT2D eigenvalue weighted by Crippen LogP contribution is 1.94. The predicted octanol–water partition coefficient (Wildman–Crippen LogP) is 1.71. The van der Waals surface area contributed by atoms with Crippen LogP contribution in [0, 0.1) is 0 Å². The number of ketones is 1. The molecule has 0 saturated carbocycles. The fourth-order valence-electron chi connectivity index (χ4n) is 1.29. The molecule has 0 aliphatic heterocycles. The van der Waals surface area contributed by atoms with Gasteiger partial charge >= 0.3 is 0 Å². The first kappa shape index (κ1) is 13.6. The molecule has 0 radical (unpaired) electrons. The lowest BCUT2D eigenvalue weighted by Crippen LogP contribution is -2.32. The topological polar surface area (TPSA) is 29.5 Å². The van der Waals surface area contributed by atoms with E-state index in [2.05, 4.69) is 11.8 Å². The average Bonchev–Trinajstić information content (AvgIpc) is 2.17. The highest BCUT2D eigenvalue weighted by atomic mass is 16.5. The Morgan fingerprint density at radius 3 is 2.50 bits per heavy atom. The lowest BCUT2D eigenvalue weighted by Gasteiger charge is -2.18. The van der Waals surface area contributed by atoms with Crippen LogP contribution in [0.15, 0.2) is 0 Å². The number of hydrogen-bond donors (Lipinski definition) is 0. The number of hydrogen-bond acceptors (Lipinski definition) is 3. The lowest BCUT2D eigenvalue weighted by molar-refractivity contribution is -0.120. The smallest absolute Gasteiger partial charge is 0.146 e. The molecule has 0 rings (SSSR count). The molecule has 0 heterocycles. The third kappa shape index (κ3) is 7.04. The first-order valence-electron chi connectivity index (χ1n) is 5.56. The molecule has 0 aliphatic carbocycles. The van der Waals surface area contributed by atoms with E-state index < -0.39 is 0 Å². The molecule has 14 heavy (non-hydrogen) atoms. The van der Waals surface area contributed by atoms with E-state index in [-0.39, 0.29) is 0 Å². The van der Waals surface area contributed by atoms with Crippen molar-refractivity contribution in [2.45, 2.75) is 33.6 Å². The summed E-state index contributed by atoms with van der Waals surface area (Å²) in [5.74, 6) is 0.339. The minimum atomic E-state index is 0.339. The Labute approximate surface area is 87.4 Å². The second-order valence-electron chi connectivity index (χ2n) is 3.35. The van der Waals surface area contributed by atoms with Crippen molar-refractivity contribution in [3.05, 3.63) is 0 Å². The monoisotopic (exact) mass is 201 g/mol. The third-order valence-electron chi connectivity index (χ3n) is 2.13. The van der Waals surface area contributed by atoms with E-state index in [0.29, 0.717) is 18.7 Å². The Hall–Kier alpha value is -0.410. The van der Waals surface area contributed by atoms with Gasteiger partial charge in [-0.3, -0.25) is 9.69 Å². The molecule has 0 saturated heterocycles. The zero-order valence-corrected chi connectivity index (χ0v) is 9.71. The quantitative estimate of drug-likeness (QED) is 0.532. The van der Waals surface area contributed by atoms with Gasteiger partial charge in [0.05, 0.1) is 13.2 Å². The van der Waals surface area contributed by atoms with Crippen LogP contribution in [0.3, 0.4) is 0 Å². The van der Waals surface area contributed by atoms with Crippen LogP contribution in [0.4, 0.5) is 0 Å². The molecule has 3 nitrogen and oxygen atoms in total. The standard InChI is InChI=1S/C11H23NO2/c1-4-7-11(13)10-12(5-2)8-9-14-6-3/h4-10H2,1-3H3. The summed E-state index contributed by atoms with van der Waals surface area (Å²) in [6.07, 6.45) is 1.65. The number of carbonyl (C=O) groups excluding carboxylic acids is 1. The second-order valence-corrected chi connectivity index (χ2v) is 3.35. The number of rotatable bonds is 9. The van der Waals surface area contributed by atoms with Crippen LogP contribution < -0.4 is 0 Å². The van der Waals surface area contributed by atoms with Crippen molar-refractivity contribution in [3.8, 4) is 0 Å². The molecule has 0 spiro atoms. The Balaban J connectivity index is 3.61. The first-order valence-corrected chi connectivity index (χ1v) is 5.56. The van der Waals surface area contributed by atoms with Gasteiger partial charge in [-0.15, -0.1) is 0 Å². The number of carbonyl (C=O) groups is 1. The van der Waals surface area contributed by atoms with E-state index in [0.717, 1.165) is 32.7 Å². The molecule has 0 aromatic heterocycles. The molecule has 0 aliphatic rings. The predicted molar refractivity (Wildman–Crippen MR) is 58.5 cm³/mol. The average molecular weight is 201 g/mol. The molecular weight excluding hydrogens is 178 g/mol. The summed E-state index contributed by atoms with van der Waals surface area (Å²) in [7, 11) is 0. The first-order chi connectivity index (χ1) is 6.74. The van der Waals surface area contributed by atoms with Gasteiger partial charge in [0.15, 0.2) is 0 Å². The van der Waals surface area contributed by atoms with Crippen molar-refractivity contribution in [2.75, 3.05) is 32.8 Å². The molecule has 0 aromatic carbocycles. The van der Waals surface area contributed by atoms with Crippen molar-refractivity contribution >= 4 is 5.78 Å². The normalized spacial score (nSPS) is 10.9. The van der Waals surface area contributed by atoms with E-state index in [9.17, 15) is 4.79 Å². The van der Waals surface area contributed by atoms with Gasteiger partial charge in [0.2, 0.25) is 0 Å². The molecular formula is C11H23NO2. The van der Waals surface area contributed by atoms with E-state index in [1.165, 1.54) is 0 Å². The maximum absolute atomic E-state index is 11.4. The summed E-state index contributed by atoms with van der Waals surface area (Å²) < 4.78 is 5.25. The van der Waals surface area contributed by atoms with Crippen molar-refractivity contribution < 1.29 is 9.53 Å². The minimum absolute atomic E-state index is 0.339. The largest absolute Gasteiger partial charge is 0.380 e. The van der Waals surface area contributed by atoms with Gasteiger partial charge in [-0.05, 0) is 19.9 Å². The van der Waals surface area contributed by atoms with Crippen molar-refractivity contribution in [3.63, 3.8) is 0 Å². The van der Waals surface area contributed by atoms with E-state index in [1.807, 2.05) is 13.8 Å². The molecule has 0 amide bonds. The molecule has 3 heteroatoms. The van der Waals surface area contributed by atoms with Gasteiger partial charge < -0.3 is 4.74 Å². The van der Waals surface area contributed by atoms with E-state index in [4.69, 9.17) is 4.74 Å². The molecule has 0 unspecified atom stereocenters. The molecule has 0 aromatic rings. The maximum Gasteiger partial charge on any atom is 0.146 e. The van der Waals surface area contributed by atoms with Crippen LogP contribution in [0.1, 0.15) is 33.6 Å². The van der Waals surface area contributed by atoms with Crippen LogP contribution in [0.25, 0.3) is 0 Å². The summed E-state index contributed by atoms with van der Waals surface area (Å²) >= 11 is 0. The maximum atomic E-state index is 11.4. The van der Waals surface area contributed by atoms with Crippen LogP contribution in [0.5, 0.6) is 0 Å². The highest BCUT2D eigenvalue weighted by Gasteiger charge is 2.07. The van der Waals surface area contributed by atoms with Gasteiger partial charge in [0.1, 0.15) is 5.78 Å². The van der Waals surface area contributed by atoms with Gasteiger partial charge in [-0.1, -0.05) is 13.8 Å². The zero-order chi connectivity index (χ0) is 10.8. The van der Waals surface area contributed by atoms with Gasteiger partial charge in [0.25, 0.3) is 0 Å².